The van der Waals surface area contributed by atoms with E-state index in [2.05, 4.69) is 32.4 Å². The van der Waals surface area contributed by atoms with Crippen LogP contribution in [0.4, 0.5) is 30.5 Å². The van der Waals surface area contributed by atoms with E-state index < -0.39 is 11.7 Å². The number of amides is 1. The van der Waals surface area contributed by atoms with Gasteiger partial charge in [0.15, 0.2) is 0 Å². The molecule has 8 nitrogen and oxygen atoms in total. The van der Waals surface area contributed by atoms with E-state index >= 15 is 0 Å². The van der Waals surface area contributed by atoms with Crippen LogP contribution in [0.15, 0.2) is 35.4 Å². The van der Waals surface area contributed by atoms with Crippen molar-refractivity contribution in [1.82, 2.24) is 20.2 Å². The zero-order valence-corrected chi connectivity index (χ0v) is 24.9. The second-order valence-corrected chi connectivity index (χ2v) is 12.8. The number of thiophene rings is 1. The van der Waals surface area contributed by atoms with Crippen molar-refractivity contribution < 1.29 is 22.7 Å². The number of benzene rings is 1. The van der Waals surface area contributed by atoms with Crippen LogP contribution < -0.4 is 15.5 Å². The summed E-state index contributed by atoms with van der Waals surface area (Å²) in [7, 11) is 0. The van der Waals surface area contributed by atoms with Gasteiger partial charge in [0.05, 0.1) is 40.5 Å². The number of ether oxygens (including phenoxy) is 1. The number of rotatable bonds is 10. The molecule has 2 aliphatic heterocycles. The number of halogens is 4. The topological polar surface area (TPSA) is 82.6 Å². The smallest absolute Gasteiger partial charge is 0.377 e. The van der Waals surface area contributed by atoms with Crippen molar-refractivity contribution >= 4 is 58.4 Å². The monoisotopic (exact) mass is 626 g/mol. The number of carbonyl (C=O) groups is 1. The predicted octanol–water partition coefficient (Wildman–Crippen LogP) is 5.68. The summed E-state index contributed by atoms with van der Waals surface area (Å²) in [4.78, 5) is 25.7. The van der Waals surface area contributed by atoms with Gasteiger partial charge < -0.3 is 25.2 Å². The highest BCUT2D eigenvalue weighted by atomic mass is 35.5. The Bertz CT molecular complexity index is 1390. The molecule has 2 aliphatic rings. The number of aryl methyl sites for hydroxylation is 1. The molecule has 3 aromatic rings. The lowest BCUT2D eigenvalue weighted by atomic mass is 10.2. The van der Waals surface area contributed by atoms with Gasteiger partial charge in [0.25, 0.3) is 0 Å². The molecule has 14 heteroatoms. The average molecular weight is 627 g/mol. The van der Waals surface area contributed by atoms with E-state index in [0.29, 0.717) is 47.1 Å². The van der Waals surface area contributed by atoms with Crippen LogP contribution in [0, 0.1) is 6.92 Å². The molecule has 0 aliphatic carbocycles. The van der Waals surface area contributed by atoms with Crippen LogP contribution in [0.5, 0.6) is 0 Å². The molecule has 2 aromatic heterocycles. The molecule has 1 atom stereocenters. The number of thioether (sulfide) groups is 1. The predicted molar refractivity (Wildman–Crippen MR) is 158 cm³/mol. The van der Waals surface area contributed by atoms with Crippen molar-refractivity contribution in [3.8, 4) is 10.6 Å². The van der Waals surface area contributed by atoms with Crippen LogP contribution in [-0.2, 0) is 15.7 Å². The third-order valence-corrected chi connectivity index (χ3v) is 9.59. The lowest BCUT2D eigenvalue weighted by Gasteiger charge is -2.34. The molecule has 2 N–H and O–H groups in total. The first kappa shape index (κ1) is 29.9. The Labute approximate surface area is 249 Å². The van der Waals surface area contributed by atoms with Crippen LogP contribution in [0.3, 0.4) is 0 Å². The fourth-order valence-electron chi connectivity index (χ4n) is 4.65. The Balaban J connectivity index is 1.34. The van der Waals surface area contributed by atoms with Crippen LogP contribution in [-0.4, -0.2) is 78.5 Å². The Kier molecular flexibility index (Phi) is 9.29. The van der Waals surface area contributed by atoms with Gasteiger partial charge in [-0.1, -0.05) is 11.6 Å². The average Bonchev–Trinajstić information content (AvgIpc) is 3.27. The number of alkyl halides is 3. The van der Waals surface area contributed by atoms with E-state index in [4.69, 9.17) is 16.3 Å². The molecule has 220 valence electrons. The number of carbonyl (C=O) groups excluding carboxylic acids is 1. The molecular weight excluding hydrogens is 597 g/mol. The first-order valence-corrected chi connectivity index (χ1v) is 15.3. The van der Waals surface area contributed by atoms with Gasteiger partial charge >= 0.3 is 6.18 Å². The number of anilines is 3. The molecule has 41 heavy (non-hydrogen) atoms. The first-order chi connectivity index (χ1) is 19.6. The Morgan fingerprint density at radius 2 is 2.15 bits per heavy atom. The van der Waals surface area contributed by atoms with Crippen molar-refractivity contribution in [3.63, 3.8) is 0 Å². The van der Waals surface area contributed by atoms with Crippen LogP contribution in [0.2, 0.25) is 5.02 Å². The molecule has 2 saturated heterocycles. The van der Waals surface area contributed by atoms with E-state index in [1.54, 1.807) is 17.0 Å². The van der Waals surface area contributed by atoms with Crippen LogP contribution in [0.1, 0.15) is 17.4 Å². The number of nitrogens with one attached hydrogen (secondary N) is 2. The zero-order chi connectivity index (χ0) is 29.1. The van der Waals surface area contributed by atoms with Gasteiger partial charge in [-0.15, -0.1) is 23.1 Å². The molecule has 0 bridgehead atoms. The summed E-state index contributed by atoms with van der Waals surface area (Å²) in [5.74, 6) is 0.624. The van der Waals surface area contributed by atoms with Crippen LogP contribution in [0.25, 0.3) is 10.6 Å². The van der Waals surface area contributed by atoms with Gasteiger partial charge in [-0.05, 0) is 38.1 Å². The molecule has 0 saturated carbocycles. The molecule has 0 spiro atoms. The maximum absolute atomic E-state index is 14.0. The standard InChI is InChI=1S/C27H30ClF3N6O2S2/c1-16-12-36(6-5-32-16)18-3-4-22(21(28)9-18)34-26-33-11-20(27(29,30)31)25(35-26)24-10-23(17(2)41-24)40-8-7-37(15-38)19-13-39-14-19/h3-4,9-11,15-16,19,32H,5-8,12-14H2,1-2H3,(H,33,34,35). The van der Waals surface area contributed by atoms with Crippen molar-refractivity contribution in [2.24, 2.45) is 0 Å². The number of hydrogen-bond donors (Lipinski definition) is 2. The van der Waals surface area contributed by atoms with Crippen LogP contribution >= 0.6 is 34.7 Å². The van der Waals surface area contributed by atoms with Gasteiger partial charge in [0.1, 0.15) is 5.56 Å². The summed E-state index contributed by atoms with van der Waals surface area (Å²) in [6, 6.07) is 7.71. The molecule has 0 radical (unpaired) electrons. The number of hydrogen-bond acceptors (Lipinski definition) is 9. The Morgan fingerprint density at radius 1 is 1.34 bits per heavy atom. The second kappa shape index (κ2) is 12.7. The zero-order valence-electron chi connectivity index (χ0n) is 22.5. The molecule has 5 rings (SSSR count). The second-order valence-electron chi connectivity index (χ2n) is 9.96. The Hall–Kier alpha value is -2.58. The normalized spacial score (nSPS) is 17.8. The van der Waals surface area contributed by atoms with E-state index in [1.165, 1.54) is 23.1 Å². The lowest BCUT2D eigenvalue weighted by molar-refractivity contribution is -0.137. The van der Waals surface area contributed by atoms with E-state index in [9.17, 15) is 18.0 Å². The summed E-state index contributed by atoms with van der Waals surface area (Å²) < 4.78 is 47.1. The summed E-state index contributed by atoms with van der Waals surface area (Å²) in [6.07, 6.45) is -3.01. The summed E-state index contributed by atoms with van der Waals surface area (Å²) in [6.45, 7) is 8.13. The molecule has 2 fully saturated rings. The minimum Gasteiger partial charge on any atom is -0.377 e. The highest BCUT2D eigenvalue weighted by Crippen LogP contribution is 2.42. The number of aromatic nitrogens is 2. The largest absolute Gasteiger partial charge is 0.420 e. The van der Waals surface area contributed by atoms with Crippen molar-refractivity contribution in [3.05, 3.63) is 45.9 Å². The molecule has 1 amide bonds. The number of nitrogens with zero attached hydrogens (tertiary/aromatic N) is 4. The maximum atomic E-state index is 14.0. The van der Waals surface area contributed by atoms with Gasteiger partial charge in [0.2, 0.25) is 12.4 Å². The summed E-state index contributed by atoms with van der Waals surface area (Å²) in [5, 5.41) is 6.81. The molecular formula is C27H30ClF3N6O2S2. The van der Waals surface area contributed by atoms with Gasteiger partial charge in [0, 0.05) is 59.6 Å². The van der Waals surface area contributed by atoms with Gasteiger partial charge in [-0.3, -0.25) is 4.79 Å². The third-order valence-electron chi connectivity index (χ3n) is 6.96. The van der Waals surface area contributed by atoms with Crippen molar-refractivity contribution in [2.45, 2.75) is 37.0 Å². The molecule has 4 heterocycles. The fraction of sp³-hybridized carbons (Fsp3) is 0.444. The highest BCUT2D eigenvalue weighted by molar-refractivity contribution is 7.99. The fourth-order valence-corrected chi connectivity index (χ4v) is 7.09. The van der Waals surface area contributed by atoms with E-state index in [-0.39, 0.29) is 17.7 Å². The quantitative estimate of drug-likeness (QED) is 0.220. The van der Waals surface area contributed by atoms with Crippen molar-refractivity contribution in [2.75, 3.05) is 55.4 Å². The third kappa shape index (κ3) is 7.08. The van der Waals surface area contributed by atoms with E-state index in [1.807, 2.05) is 19.1 Å². The van der Waals surface area contributed by atoms with E-state index in [0.717, 1.165) is 47.7 Å². The Morgan fingerprint density at radius 3 is 2.80 bits per heavy atom. The number of piperazine rings is 1. The molecule has 1 aromatic carbocycles. The SMILES string of the molecule is Cc1sc(-c2nc(Nc3ccc(N4CCNC(C)C4)cc3Cl)ncc2C(F)(F)F)cc1SCCN(C=O)C1COC1. The lowest BCUT2D eigenvalue weighted by Crippen LogP contribution is -2.49. The molecule has 1 unspecified atom stereocenters. The van der Waals surface area contributed by atoms with Gasteiger partial charge in [-0.2, -0.15) is 13.2 Å². The summed E-state index contributed by atoms with van der Waals surface area (Å²) >= 11 is 9.30. The van der Waals surface area contributed by atoms with Crippen molar-refractivity contribution in [1.29, 1.82) is 0 Å². The highest BCUT2D eigenvalue weighted by Gasteiger charge is 2.36. The summed E-state index contributed by atoms with van der Waals surface area (Å²) in [5.41, 5.74) is 0.365. The van der Waals surface area contributed by atoms with Gasteiger partial charge in [-0.25, -0.2) is 9.97 Å². The minimum atomic E-state index is -4.63. The first-order valence-electron chi connectivity index (χ1n) is 13.1. The minimum absolute atomic E-state index is 0.0167. The maximum Gasteiger partial charge on any atom is 0.420 e.